The summed E-state index contributed by atoms with van der Waals surface area (Å²) in [7, 11) is 1.38. The third-order valence-electron chi connectivity index (χ3n) is 3.00. The van der Waals surface area contributed by atoms with Crippen LogP contribution in [0.2, 0.25) is 0 Å². The molecule has 0 unspecified atom stereocenters. The van der Waals surface area contributed by atoms with Gasteiger partial charge in [-0.15, -0.1) is 0 Å². The van der Waals surface area contributed by atoms with Crippen LogP contribution in [0.15, 0.2) is 24.3 Å². The highest BCUT2D eigenvalue weighted by molar-refractivity contribution is 5.89. The van der Waals surface area contributed by atoms with Gasteiger partial charge in [0.2, 0.25) is 0 Å². The van der Waals surface area contributed by atoms with E-state index < -0.39 is 0 Å². The second kappa shape index (κ2) is 5.29. The lowest BCUT2D eigenvalue weighted by atomic mass is 9.97. The molecule has 0 radical (unpaired) electrons. The van der Waals surface area contributed by atoms with Crippen molar-refractivity contribution in [1.82, 2.24) is 0 Å². The van der Waals surface area contributed by atoms with Crippen molar-refractivity contribution in [2.75, 3.05) is 13.7 Å². The molecule has 0 bridgehead atoms. The Labute approximate surface area is 101 Å². The van der Waals surface area contributed by atoms with Crippen molar-refractivity contribution < 1.29 is 14.3 Å². The molecule has 1 aliphatic heterocycles. The van der Waals surface area contributed by atoms with Crippen molar-refractivity contribution in [3.8, 4) is 0 Å². The van der Waals surface area contributed by atoms with Gasteiger partial charge in [-0.25, -0.2) is 4.79 Å². The molecule has 1 aliphatic rings. The molecule has 0 aliphatic carbocycles. The van der Waals surface area contributed by atoms with Crippen molar-refractivity contribution in [2.24, 2.45) is 5.73 Å². The van der Waals surface area contributed by atoms with Crippen LogP contribution in [0, 0.1) is 0 Å². The van der Waals surface area contributed by atoms with Gasteiger partial charge in [-0.3, -0.25) is 0 Å². The SMILES string of the molecule is COC(=O)c1cccc([C@H]2C[C@@H](N)CCO2)c1. The van der Waals surface area contributed by atoms with Gasteiger partial charge in [-0.1, -0.05) is 12.1 Å². The van der Waals surface area contributed by atoms with Crippen LogP contribution in [-0.2, 0) is 9.47 Å². The van der Waals surface area contributed by atoms with E-state index in [-0.39, 0.29) is 18.1 Å². The third-order valence-corrected chi connectivity index (χ3v) is 3.00. The molecule has 0 aromatic heterocycles. The second-order valence-corrected chi connectivity index (χ2v) is 4.26. The predicted octanol–water partition coefficient (Wildman–Crippen LogP) is 1.65. The lowest BCUT2D eigenvalue weighted by Crippen LogP contribution is -2.30. The van der Waals surface area contributed by atoms with E-state index in [1.165, 1.54) is 7.11 Å². The molecule has 4 nitrogen and oxygen atoms in total. The minimum atomic E-state index is -0.327. The van der Waals surface area contributed by atoms with Crippen LogP contribution < -0.4 is 5.73 Å². The first-order valence-corrected chi connectivity index (χ1v) is 5.76. The Morgan fingerprint density at radius 1 is 1.53 bits per heavy atom. The highest BCUT2D eigenvalue weighted by Crippen LogP contribution is 2.27. The Morgan fingerprint density at radius 3 is 3.06 bits per heavy atom. The number of hydrogen-bond acceptors (Lipinski definition) is 4. The zero-order chi connectivity index (χ0) is 12.3. The molecule has 1 heterocycles. The summed E-state index contributed by atoms with van der Waals surface area (Å²) in [5, 5.41) is 0. The number of nitrogens with two attached hydrogens (primary N) is 1. The first-order valence-electron chi connectivity index (χ1n) is 5.76. The summed E-state index contributed by atoms with van der Waals surface area (Å²) >= 11 is 0. The Balaban J connectivity index is 2.17. The van der Waals surface area contributed by atoms with Gasteiger partial charge in [0, 0.05) is 12.6 Å². The molecule has 2 atom stereocenters. The zero-order valence-electron chi connectivity index (χ0n) is 9.89. The molecule has 17 heavy (non-hydrogen) atoms. The molecule has 1 fully saturated rings. The second-order valence-electron chi connectivity index (χ2n) is 4.26. The minimum absolute atomic E-state index is 0.0108. The van der Waals surface area contributed by atoms with Gasteiger partial charge in [-0.05, 0) is 30.5 Å². The smallest absolute Gasteiger partial charge is 0.337 e. The number of rotatable bonds is 2. The monoisotopic (exact) mass is 235 g/mol. The van der Waals surface area contributed by atoms with Crippen molar-refractivity contribution in [1.29, 1.82) is 0 Å². The summed E-state index contributed by atoms with van der Waals surface area (Å²) in [6.07, 6.45) is 1.68. The zero-order valence-corrected chi connectivity index (χ0v) is 9.89. The first kappa shape index (κ1) is 12.1. The Hall–Kier alpha value is -1.39. The van der Waals surface area contributed by atoms with Gasteiger partial charge < -0.3 is 15.2 Å². The van der Waals surface area contributed by atoms with Crippen molar-refractivity contribution in [2.45, 2.75) is 25.0 Å². The van der Waals surface area contributed by atoms with Crippen LogP contribution in [0.25, 0.3) is 0 Å². The van der Waals surface area contributed by atoms with E-state index in [1.807, 2.05) is 18.2 Å². The number of carbonyl (C=O) groups is 1. The first-order chi connectivity index (χ1) is 8.20. The number of esters is 1. The summed E-state index contributed by atoms with van der Waals surface area (Å²) < 4.78 is 10.4. The maximum Gasteiger partial charge on any atom is 0.337 e. The highest BCUT2D eigenvalue weighted by Gasteiger charge is 2.22. The quantitative estimate of drug-likeness (QED) is 0.792. The van der Waals surface area contributed by atoms with Gasteiger partial charge >= 0.3 is 5.97 Å². The van der Waals surface area contributed by atoms with Crippen molar-refractivity contribution in [3.63, 3.8) is 0 Å². The molecule has 2 N–H and O–H groups in total. The molecule has 2 rings (SSSR count). The molecular weight excluding hydrogens is 218 g/mol. The molecule has 1 saturated heterocycles. The van der Waals surface area contributed by atoms with Gasteiger partial charge in [0.05, 0.1) is 18.8 Å². The van der Waals surface area contributed by atoms with Crippen LogP contribution in [0.1, 0.15) is 34.9 Å². The van der Waals surface area contributed by atoms with Crippen LogP contribution >= 0.6 is 0 Å². The molecule has 0 saturated carbocycles. The Kier molecular flexibility index (Phi) is 3.76. The topological polar surface area (TPSA) is 61.5 Å². The Bertz CT molecular complexity index is 405. The number of hydrogen-bond donors (Lipinski definition) is 1. The van der Waals surface area contributed by atoms with Crippen molar-refractivity contribution >= 4 is 5.97 Å². The fraction of sp³-hybridized carbons (Fsp3) is 0.462. The Morgan fingerprint density at radius 2 is 2.35 bits per heavy atom. The summed E-state index contributed by atoms with van der Waals surface area (Å²) in [4.78, 5) is 11.4. The molecule has 1 aromatic rings. The number of benzene rings is 1. The fourth-order valence-electron chi connectivity index (χ4n) is 2.04. The van der Waals surface area contributed by atoms with Gasteiger partial charge in [0.1, 0.15) is 0 Å². The molecule has 92 valence electrons. The van der Waals surface area contributed by atoms with E-state index in [1.54, 1.807) is 6.07 Å². The maximum absolute atomic E-state index is 11.4. The predicted molar refractivity (Wildman–Crippen MR) is 63.7 cm³/mol. The average molecular weight is 235 g/mol. The number of methoxy groups -OCH3 is 1. The van der Waals surface area contributed by atoms with Crippen LogP contribution in [-0.4, -0.2) is 25.7 Å². The average Bonchev–Trinajstić information content (AvgIpc) is 2.38. The summed E-state index contributed by atoms with van der Waals surface area (Å²) in [5.74, 6) is -0.327. The van der Waals surface area contributed by atoms with Crippen LogP contribution in [0.3, 0.4) is 0 Å². The maximum atomic E-state index is 11.4. The normalized spacial score (nSPS) is 24.4. The number of carbonyl (C=O) groups excluding carboxylic acids is 1. The summed E-state index contributed by atoms with van der Waals surface area (Å²) in [5.41, 5.74) is 7.45. The molecular formula is C13H17NO3. The largest absolute Gasteiger partial charge is 0.465 e. The van der Waals surface area contributed by atoms with Crippen LogP contribution in [0.5, 0.6) is 0 Å². The lowest BCUT2D eigenvalue weighted by Gasteiger charge is -2.27. The lowest BCUT2D eigenvalue weighted by molar-refractivity contribution is 0.00662. The van der Waals surface area contributed by atoms with Gasteiger partial charge in [-0.2, -0.15) is 0 Å². The molecule has 0 amide bonds. The molecule has 4 heteroatoms. The fourth-order valence-corrected chi connectivity index (χ4v) is 2.04. The van der Waals surface area contributed by atoms with Gasteiger partial charge in [0.15, 0.2) is 0 Å². The van der Waals surface area contributed by atoms with E-state index in [9.17, 15) is 4.79 Å². The third kappa shape index (κ3) is 2.84. The van der Waals surface area contributed by atoms with E-state index in [2.05, 4.69) is 0 Å². The van der Waals surface area contributed by atoms with Crippen molar-refractivity contribution in [3.05, 3.63) is 35.4 Å². The van der Waals surface area contributed by atoms with Crippen LogP contribution in [0.4, 0.5) is 0 Å². The van der Waals surface area contributed by atoms with E-state index in [0.717, 1.165) is 18.4 Å². The molecule has 0 spiro atoms. The molecule has 1 aromatic carbocycles. The van der Waals surface area contributed by atoms with E-state index in [4.69, 9.17) is 15.2 Å². The summed E-state index contributed by atoms with van der Waals surface area (Å²) in [6.45, 7) is 0.675. The van der Waals surface area contributed by atoms with E-state index >= 15 is 0 Å². The van der Waals surface area contributed by atoms with Gasteiger partial charge in [0.25, 0.3) is 0 Å². The standard InChI is InChI=1S/C13H17NO3/c1-16-13(15)10-4-2-3-9(7-10)12-8-11(14)5-6-17-12/h2-4,7,11-12H,5-6,8,14H2,1H3/t11-,12+/m0/s1. The van der Waals surface area contributed by atoms with E-state index in [0.29, 0.717) is 12.2 Å². The summed E-state index contributed by atoms with van der Waals surface area (Å²) in [6, 6.07) is 7.52. The minimum Gasteiger partial charge on any atom is -0.465 e. The number of ether oxygens (including phenoxy) is 2. The highest BCUT2D eigenvalue weighted by atomic mass is 16.5.